The van der Waals surface area contributed by atoms with Crippen molar-refractivity contribution in [1.29, 1.82) is 0 Å². The average Bonchev–Trinajstić information content (AvgIpc) is 3.50. The molecular formula is C50H74N2O8. The summed E-state index contributed by atoms with van der Waals surface area (Å²) < 4.78 is 11.7. The van der Waals surface area contributed by atoms with E-state index in [0.29, 0.717) is 57.6 Å². The number of carbonyl (C=O) groups excluding carboxylic acids is 3. The number of aliphatic hydroxyl groups is 1. The molecule has 0 aromatic heterocycles. The van der Waals surface area contributed by atoms with Gasteiger partial charge in [0.25, 0.3) is 0 Å². The van der Waals surface area contributed by atoms with Gasteiger partial charge in [0.1, 0.15) is 6.10 Å². The number of Topliss-reactive ketones (excluding diaryl/α,β-unsaturated/α-hetero) is 1. The first-order valence-corrected chi connectivity index (χ1v) is 23.1. The number of carbonyl (C=O) groups is 4. The molecule has 10 heteroatoms. The van der Waals surface area contributed by atoms with Crippen molar-refractivity contribution < 1.29 is 38.9 Å². The number of morpholine rings is 1. The summed E-state index contributed by atoms with van der Waals surface area (Å²) in [6.45, 7) is 22.8. The number of hydrogen-bond acceptors (Lipinski definition) is 8. The fourth-order valence-electron chi connectivity index (χ4n) is 14.5. The number of benzene rings is 1. The highest BCUT2D eigenvalue weighted by Gasteiger charge is 2.71. The number of rotatable bonds is 12. The minimum absolute atomic E-state index is 0.00592. The Morgan fingerprint density at radius 2 is 1.60 bits per heavy atom. The van der Waals surface area contributed by atoms with E-state index < -0.39 is 28.9 Å². The highest BCUT2D eigenvalue weighted by Crippen LogP contribution is 2.77. The van der Waals surface area contributed by atoms with Gasteiger partial charge in [-0.2, -0.15) is 0 Å². The van der Waals surface area contributed by atoms with Gasteiger partial charge in [-0.25, -0.2) is 0 Å². The number of hydrogen-bond donors (Lipinski definition) is 2. The van der Waals surface area contributed by atoms with E-state index in [4.69, 9.17) is 9.47 Å². The third-order valence-electron chi connectivity index (χ3n) is 17.9. The Morgan fingerprint density at radius 3 is 2.25 bits per heavy atom. The minimum atomic E-state index is -1.18. The molecule has 1 aromatic carbocycles. The van der Waals surface area contributed by atoms with E-state index in [1.54, 1.807) is 13.8 Å². The van der Waals surface area contributed by atoms with Crippen LogP contribution < -0.4 is 0 Å². The first kappa shape index (κ1) is 45.0. The molecule has 0 radical (unpaired) electrons. The number of aliphatic hydroxyl groups excluding tert-OH is 1. The van der Waals surface area contributed by atoms with Crippen LogP contribution in [0.1, 0.15) is 132 Å². The molecule has 332 valence electrons. The number of fused-ring (bicyclic) bond motifs is 7. The van der Waals surface area contributed by atoms with Crippen molar-refractivity contribution in [3.05, 3.63) is 47.0 Å². The molecule has 1 aromatic rings. The van der Waals surface area contributed by atoms with Gasteiger partial charge in [-0.1, -0.05) is 84.4 Å². The molecular weight excluding hydrogens is 757 g/mol. The molecule has 60 heavy (non-hydrogen) atoms. The molecule has 9 atom stereocenters. The van der Waals surface area contributed by atoms with Crippen LogP contribution in [0.15, 0.2) is 41.5 Å². The second-order valence-electron chi connectivity index (χ2n) is 22.2. The predicted octanol–water partition coefficient (Wildman–Crippen LogP) is 8.10. The number of nitrogens with zero attached hydrogens (tertiary/aromatic N) is 2. The summed E-state index contributed by atoms with van der Waals surface area (Å²) in [5, 5.41) is 22.5. The standard InChI is InChI=1S/C50H74N2O8/c1-32(2)42-35(53)27-50(38(54)30-51(29-33-13-11-10-12-14-33)31-40(55)52-23-25-59-26-24-52)22-21-48(8)34(43(42)50)15-16-37-47(7)19-18-39(60-41(56)28-45(3,4)44(57)58)46(5,6)36(47)17-20-49(37,48)9/h10-14,32,34,36-39,54H,15-31H2,1-9H3,(H,57,58)/t34-,36+,37-,38?,39+,47+,48-,49-,50?/m1/s1. The van der Waals surface area contributed by atoms with E-state index >= 15 is 0 Å². The lowest BCUT2D eigenvalue weighted by molar-refractivity contribution is -0.235. The molecule has 1 amide bonds. The van der Waals surface area contributed by atoms with Crippen molar-refractivity contribution in [3.63, 3.8) is 0 Å². The molecule has 7 rings (SSSR count). The summed E-state index contributed by atoms with van der Waals surface area (Å²) in [6, 6.07) is 10.2. The number of ether oxygens (including phenoxy) is 2. The summed E-state index contributed by atoms with van der Waals surface area (Å²) in [7, 11) is 0. The zero-order valence-electron chi connectivity index (χ0n) is 38.1. The van der Waals surface area contributed by atoms with E-state index in [1.807, 2.05) is 23.1 Å². The van der Waals surface area contributed by atoms with Crippen LogP contribution in [0.5, 0.6) is 0 Å². The van der Waals surface area contributed by atoms with Gasteiger partial charge < -0.3 is 24.6 Å². The summed E-state index contributed by atoms with van der Waals surface area (Å²) in [5.41, 5.74) is 1.07. The number of aliphatic carboxylic acids is 1. The van der Waals surface area contributed by atoms with Crippen LogP contribution in [0.25, 0.3) is 0 Å². The van der Waals surface area contributed by atoms with Crippen molar-refractivity contribution in [2.75, 3.05) is 39.4 Å². The zero-order chi connectivity index (χ0) is 43.6. The zero-order valence-corrected chi connectivity index (χ0v) is 38.1. The Balaban J connectivity index is 1.16. The maximum absolute atomic E-state index is 14.4. The molecule has 10 nitrogen and oxygen atoms in total. The summed E-state index contributed by atoms with van der Waals surface area (Å²) in [6.07, 6.45) is 6.55. The molecule has 5 aliphatic carbocycles. The number of esters is 1. The van der Waals surface area contributed by atoms with Crippen molar-refractivity contribution in [2.45, 2.75) is 145 Å². The van der Waals surface area contributed by atoms with Crippen LogP contribution >= 0.6 is 0 Å². The van der Waals surface area contributed by atoms with Gasteiger partial charge in [0, 0.05) is 43.4 Å². The summed E-state index contributed by atoms with van der Waals surface area (Å²) in [5.74, 6) is -0.205. The molecule has 0 spiro atoms. The quantitative estimate of drug-likeness (QED) is 0.201. The fraction of sp³-hybridized carbons (Fsp3) is 0.760. The molecule has 4 saturated carbocycles. The van der Waals surface area contributed by atoms with E-state index in [-0.39, 0.29) is 64.3 Å². The third kappa shape index (κ3) is 7.50. The summed E-state index contributed by atoms with van der Waals surface area (Å²) in [4.78, 5) is 57.1. The SMILES string of the molecule is CC(C)C1=C2[C@H]3CC[C@@H]4[C@@]5(C)CC[C@H](OC(=O)CC(C)(C)C(=O)O)C(C)(C)[C@@H]5CC[C@@]4(C)[C@]3(C)CCC2(C(O)CN(CC(=O)N2CCOCC2)Cc2ccccc2)CC1=O. The van der Waals surface area contributed by atoms with Gasteiger partial charge in [-0.15, -0.1) is 0 Å². The largest absolute Gasteiger partial charge is 0.481 e. The Hall–Kier alpha value is -3.08. The molecule has 1 saturated heterocycles. The predicted molar refractivity (Wildman–Crippen MR) is 230 cm³/mol. The minimum Gasteiger partial charge on any atom is -0.481 e. The van der Waals surface area contributed by atoms with Crippen LogP contribution in [0.2, 0.25) is 0 Å². The summed E-state index contributed by atoms with van der Waals surface area (Å²) >= 11 is 0. The van der Waals surface area contributed by atoms with Gasteiger partial charge in [-0.05, 0) is 116 Å². The number of carboxylic acid groups (broad SMARTS) is 1. The fourth-order valence-corrected chi connectivity index (χ4v) is 14.5. The molecule has 6 aliphatic rings. The molecule has 2 N–H and O–H groups in total. The molecule has 0 bridgehead atoms. The second kappa shape index (κ2) is 16.2. The first-order valence-electron chi connectivity index (χ1n) is 23.1. The highest BCUT2D eigenvalue weighted by molar-refractivity contribution is 6.00. The van der Waals surface area contributed by atoms with Gasteiger partial charge >= 0.3 is 11.9 Å². The van der Waals surface area contributed by atoms with Crippen LogP contribution in [0.3, 0.4) is 0 Å². The Kier molecular flexibility index (Phi) is 12.2. The van der Waals surface area contributed by atoms with Crippen molar-refractivity contribution in [1.82, 2.24) is 9.80 Å². The monoisotopic (exact) mass is 831 g/mol. The van der Waals surface area contributed by atoms with Gasteiger partial charge in [-0.3, -0.25) is 24.1 Å². The van der Waals surface area contributed by atoms with Gasteiger partial charge in [0.2, 0.25) is 5.91 Å². The first-order chi connectivity index (χ1) is 28.1. The number of allylic oxidation sites excluding steroid dienone is 1. The normalized spacial score (nSPS) is 35.7. The second-order valence-corrected chi connectivity index (χ2v) is 22.2. The maximum Gasteiger partial charge on any atom is 0.309 e. The number of amides is 1. The van der Waals surface area contributed by atoms with E-state index in [1.165, 1.54) is 5.57 Å². The van der Waals surface area contributed by atoms with Crippen molar-refractivity contribution in [2.24, 2.45) is 56.2 Å². The smallest absolute Gasteiger partial charge is 0.309 e. The van der Waals surface area contributed by atoms with Crippen LogP contribution in [0, 0.1) is 56.2 Å². The lowest BCUT2D eigenvalue weighted by Gasteiger charge is -2.72. The average molecular weight is 831 g/mol. The van der Waals surface area contributed by atoms with Crippen LogP contribution in [-0.4, -0.2) is 95.2 Å². The van der Waals surface area contributed by atoms with Gasteiger partial charge in [0.15, 0.2) is 5.78 Å². The molecule has 1 heterocycles. The van der Waals surface area contributed by atoms with Crippen molar-refractivity contribution >= 4 is 23.6 Å². The molecule has 1 aliphatic heterocycles. The van der Waals surface area contributed by atoms with Crippen molar-refractivity contribution in [3.8, 4) is 0 Å². The van der Waals surface area contributed by atoms with Crippen LogP contribution in [-0.2, 0) is 35.2 Å². The van der Waals surface area contributed by atoms with Gasteiger partial charge in [0.05, 0.1) is 37.7 Å². The van der Waals surface area contributed by atoms with Crippen LogP contribution in [0.4, 0.5) is 0 Å². The highest BCUT2D eigenvalue weighted by atomic mass is 16.5. The lowest BCUT2D eigenvalue weighted by Crippen LogP contribution is -2.66. The van der Waals surface area contributed by atoms with E-state index in [0.717, 1.165) is 62.5 Å². The Morgan fingerprint density at radius 1 is 0.917 bits per heavy atom. The third-order valence-corrected chi connectivity index (χ3v) is 17.9. The topological polar surface area (TPSA) is 134 Å². The van der Waals surface area contributed by atoms with E-state index in [2.05, 4.69) is 65.5 Å². The molecule has 5 fully saturated rings. The Labute approximate surface area is 359 Å². The number of ketones is 1. The molecule has 2 unspecified atom stereocenters. The maximum atomic E-state index is 14.4. The number of carboxylic acids is 1. The Bertz CT molecular complexity index is 1850. The van der Waals surface area contributed by atoms with E-state index in [9.17, 15) is 29.4 Å². The lowest BCUT2D eigenvalue weighted by atomic mass is 9.33.